The van der Waals surface area contributed by atoms with E-state index in [1.807, 2.05) is 28.8 Å². The van der Waals surface area contributed by atoms with Crippen LogP contribution in [-0.4, -0.2) is 26.9 Å². The molecule has 4 heteroatoms. The number of hydrogen-bond donors (Lipinski definition) is 0. The molecule has 1 saturated heterocycles. The zero-order valence-corrected chi connectivity index (χ0v) is 12.6. The van der Waals surface area contributed by atoms with Gasteiger partial charge in [0.25, 0.3) is 0 Å². The Balaban J connectivity index is 1.82. The first-order valence-corrected chi connectivity index (χ1v) is 7.38. The predicted molar refractivity (Wildman–Crippen MR) is 81.7 cm³/mol. The molecule has 2 heterocycles. The first-order valence-electron chi connectivity index (χ1n) is 7.38. The molecule has 0 radical (unpaired) electrons. The number of amides is 1. The van der Waals surface area contributed by atoms with Crippen molar-refractivity contribution >= 4 is 5.91 Å². The van der Waals surface area contributed by atoms with E-state index in [0.717, 1.165) is 18.8 Å². The highest BCUT2D eigenvalue weighted by Crippen LogP contribution is 2.34. The second kappa shape index (κ2) is 5.35. The van der Waals surface area contributed by atoms with E-state index in [9.17, 15) is 4.79 Å². The minimum atomic E-state index is 0.0281. The molecule has 1 aliphatic heterocycles. The lowest BCUT2D eigenvalue weighted by Crippen LogP contribution is -2.47. The minimum Gasteiger partial charge on any atom is -0.337 e. The molecule has 1 unspecified atom stereocenters. The number of piperidine rings is 1. The number of nitrogens with zero attached hydrogens (tertiary/aromatic N) is 3. The Kier molecular flexibility index (Phi) is 3.53. The summed E-state index contributed by atoms with van der Waals surface area (Å²) in [6, 6.07) is 10.5. The van der Waals surface area contributed by atoms with Crippen LogP contribution in [0.2, 0.25) is 0 Å². The van der Waals surface area contributed by atoms with E-state index in [0.29, 0.717) is 13.0 Å². The summed E-state index contributed by atoms with van der Waals surface area (Å²) >= 11 is 0. The second-order valence-electron chi connectivity index (χ2n) is 6.13. The summed E-state index contributed by atoms with van der Waals surface area (Å²) in [7, 11) is 1.97. The number of likely N-dealkylation sites (tertiary alicyclic amines) is 1. The fourth-order valence-corrected chi connectivity index (χ4v) is 3.07. The average Bonchev–Trinajstić information content (AvgIpc) is 2.89. The zero-order valence-electron chi connectivity index (χ0n) is 12.6. The molecule has 1 aromatic carbocycles. The van der Waals surface area contributed by atoms with Gasteiger partial charge in [-0.25, -0.2) is 4.98 Å². The van der Waals surface area contributed by atoms with Crippen LogP contribution >= 0.6 is 0 Å². The largest absolute Gasteiger partial charge is 0.337 e. The Morgan fingerprint density at radius 2 is 2.05 bits per heavy atom. The fraction of sp³-hybridized carbons (Fsp3) is 0.412. The van der Waals surface area contributed by atoms with Gasteiger partial charge < -0.3 is 9.47 Å². The standard InChI is InChI=1S/C17H21N3O/c1-17(14-6-4-3-5-7-14)9-8-16(21)20(13-17)12-15-18-10-11-19(15)2/h3-7,10-11H,8-9,12-13H2,1-2H3. The number of benzene rings is 1. The van der Waals surface area contributed by atoms with E-state index in [4.69, 9.17) is 0 Å². The third-order valence-corrected chi connectivity index (χ3v) is 4.51. The third-order valence-electron chi connectivity index (χ3n) is 4.51. The highest BCUT2D eigenvalue weighted by Gasteiger charge is 2.36. The Morgan fingerprint density at radius 3 is 2.71 bits per heavy atom. The van der Waals surface area contributed by atoms with Crippen molar-refractivity contribution in [3.05, 3.63) is 54.1 Å². The van der Waals surface area contributed by atoms with Crippen LogP contribution in [0.15, 0.2) is 42.7 Å². The molecule has 0 saturated carbocycles. The molecule has 1 aliphatic rings. The van der Waals surface area contributed by atoms with Crippen molar-refractivity contribution < 1.29 is 4.79 Å². The van der Waals surface area contributed by atoms with Crippen LogP contribution in [0.1, 0.15) is 31.2 Å². The van der Waals surface area contributed by atoms with Crippen LogP contribution in [0.3, 0.4) is 0 Å². The van der Waals surface area contributed by atoms with Gasteiger partial charge in [-0.3, -0.25) is 4.79 Å². The van der Waals surface area contributed by atoms with E-state index < -0.39 is 0 Å². The molecule has 0 bridgehead atoms. The maximum atomic E-state index is 12.2. The zero-order chi connectivity index (χ0) is 14.9. The Labute approximate surface area is 125 Å². The first kappa shape index (κ1) is 13.9. The van der Waals surface area contributed by atoms with Gasteiger partial charge in [-0.2, -0.15) is 0 Å². The number of rotatable bonds is 3. The molecule has 4 nitrogen and oxygen atoms in total. The molecule has 0 spiro atoms. The molecule has 0 N–H and O–H groups in total. The second-order valence-corrected chi connectivity index (χ2v) is 6.13. The number of carbonyl (C=O) groups is 1. The number of hydrogen-bond acceptors (Lipinski definition) is 2. The van der Waals surface area contributed by atoms with Gasteiger partial charge in [0.2, 0.25) is 5.91 Å². The van der Waals surface area contributed by atoms with E-state index in [2.05, 4.69) is 36.2 Å². The lowest BCUT2D eigenvalue weighted by Gasteiger charge is -2.40. The van der Waals surface area contributed by atoms with Crippen LogP contribution in [0.4, 0.5) is 0 Å². The van der Waals surface area contributed by atoms with E-state index >= 15 is 0 Å². The number of aromatic nitrogens is 2. The Bertz CT molecular complexity index is 634. The van der Waals surface area contributed by atoms with E-state index in [1.54, 1.807) is 6.20 Å². The molecule has 110 valence electrons. The summed E-state index contributed by atoms with van der Waals surface area (Å²) in [5, 5.41) is 0. The van der Waals surface area contributed by atoms with Gasteiger partial charge in [0.05, 0.1) is 6.54 Å². The molecule has 1 amide bonds. The van der Waals surface area contributed by atoms with Crippen molar-refractivity contribution in [2.75, 3.05) is 6.54 Å². The topological polar surface area (TPSA) is 38.1 Å². The number of carbonyl (C=O) groups excluding carboxylic acids is 1. The summed E-state index contributed by atoms with van der Waals surface area (Å²) in [6.07, 6.45) is 5.21. The fourth-order valence-electron chi connectivity index (χ4n) is 3.07. The Hall–Kier alpha value is -2.10. The summed E-state index contributed by atoms with van der Waals surface area (Å²) in [6.45, 7) is 3.59. The normalized spacial score (nSPS) is 22.6. The molecule has 2 aromatic rings. The lowest BCUT2D eigenvalue weighted by molar-refractivity contribution is -0.136. The summed E-state index contributed by atoms with van der Waals surface area (Å²) in [4.78, 5) is 18.5. The van der Waals surface area contributed by atoms with Crippen molar-refractivity contribution in [1.29, 1.82) is 0 Å². The molecule has 1 atom stereocenters. The maximum Gasteiger partial charge on any atom is 0.223 e. The summed E-state index contributed by atoms with van der Waals surface area (Å²) < 4.78 is 1.97. The van der Waals surface area contributed by atoms with E-state index in [-0.39, 0.29) is 11.3 Å². The van der Waals surface area contributed by atoms with Crippen molar-refractivity contribution in [3.8, 4) is 0 Å². The van der Waals surface area contributed by atoms with Gasteiger partial charge >= 0.3 is 0 Å². The number of imidazole rings is 1. The van der Waals surface area contributed by atoms with Gasteiger partial charge in [-0.05, 0) is 12.0 Å². The highest BCUT2D eigenvalue weighted by molar-refractivity contribution is 5.77. The molecule has 0 aliphatic carbocycles. The summed E-state index contributed by atoms with van der Waals surface area (Å²) in [5.41, 5.74) is 1.34. The van der Waals surface area contributed by atoms with Crippen LogP contribution < -0.4 is 0 Å². The third kappa shape index (κ3) is 2.71. The van der Waals surface area contributed by atoms with Crippen LogP contribution in [-0.2, 0) is 23.8 Å². The highest BCUT2D eigenvalue weighted by atomic mass is 16.2. The van der Waals surface area contributed by atoms with Crippen molar-refractivity contribution in [3.63, 3.8) is 0 Å². The van der Waals surface area contributed by atoms with Gasteiger partial charge in [-0.1, -0.05) is 37.3 Å². The average molecular weight is 283 g/mol. The van der Waals surface area contributed by atoms with Gasteiger partial charge in [0.1, 0.15) is 5.82 Å². The van der Waals surface area contributed by atoms with Crippen LogP contribution in [0.25, 0.3) is 0 Å². The molecule has 1 fully saturated rings. The lowest BCUT2D eigenvalue weighted by atomic mass is 9.75. The first-order chi connectivity index (χ1) is 10.1. The summed E-state index contributed by atoms with van der Waals surface area (Å²) in [5.74, 6) is 1.16. The van der Waals surface area contributed by atoms with Gasteiger partial charge in [0.15, 0.2) is 0 Å². The van der Waals surface area contributed by atoms with Crippen LogP contribution in [0, 0.1) is 0 Å². The smallest absolute Gasteiger partial charge is 0.223 e. The van der Waals surface area contributed by atoms with Gasteiger partial charge in [-0.15, -0.1) is 0 Å². The quantitative estimate of drug-likeness (QED) is 0.868. The van der Waals surface area contributed by atoms with Gasteiger partial charge in [0, 0.05) is 37.8 Å². The SMILES string of the molecule is Cn1ccnc1CN1CC(C)(c2ccccc2)CCC1=O. The van der Waals surface area contributed by atoms with E-state index in [1.165, 1.54) is 5.56 Å². The molecular formula is C17H21N3O. The maximum absolute atomic E-state index is 12.2. The van der Waals surface area contributed by atoms with Crippen LogP contribution in [0.5, 0.6) is 0 Å². The molecular weight excluding hydrogens is 262 g/mol. The van der Waals surface area contributed by atoms with Crippen molar-refractivity contribution in [1.82, 2.24) is 14.5 Å². The molecule has 3 rings (SSSR count). The molecule has 21 heavy (non-hydrogen) atoms. The number of aryl methyl sites for hydroxylation is 1. The van der Waals surface area contributed by atoms with Crippen molar-refractivity contribution in [2.45, 2.75) is 31.7 Å². The monoisotopic (exact) mass is 283 g/mol. The molecule has 1 aromatic heterocycles. The minimum absolute atomic E-state index is 0.0281. The predicted octanol–water partition coefficient (Wildman–Crippen LogP) is 2.50. The Morgan fingerprint density at radius 1 is 1.29 bits per heavy atom. The van der Waals surface area contributed by atoms with Crippen molar-refractivity contribution in [2.24, 2.45) is 7.05 Å².